The van der Waals surface area contributed by atoms with Gasteiger partial charge in [-0.1, -0.05) is 5.21 Å². The Hall–Kier alpha value is -2.02. The summed E-state index contributed by atoms with van der Waals surface area (Å²) in [5.74, 6) is -0.265. The van der Waals surface area contributed by atoms with E-state index in [1.165, 1.54) is 12.1 Å². The van der Waals surface area contributed by atoms with Crippen molar-refractivity contribution in [1.82, 2.24) is 24.5 Å². The van der Waals surface area contributed by atoms with Gasteiger partial charge < -0.3 is 9.55 Å². The lowest BCUT2D eigenvalue weighted by molar-refractivity contribution is 0.517. The first-order valence-corrected chi connectivity index (χ1v) is 6.37. The topological polar surface area (TPSA) is 51.4 Å². The monoisotopic (exact) mass is 277 g/mol. The highest BCUT2D eigenvalue weighted by atomic mass is 32.1. The second-order valence-electron chi connectivity index (χ2n) is 4.26. The van der Waals surface area contributed by atoms with Crippen LogP contribution in [-0.2, 0) is 13.1 Å². The van der Waals surface area contributed by atoms with Crippen molar-refractivity contribution in [3.05, 3.63) is 41.2 Å². The Bertz CT molecular complexity index is 743. The number of nitrogens with one attached hydrogen (secondary N) is 1. The molecule has 2 aromatic heterocycles. The van der Waals surface area contributed by atoms with Gasteiger partial charge in [-0.15, -0.1) is 5.10 Å². The first-order chi connectivity index (χ1) is 9.24. The number of benzene rings is 1. The maximum Gasteiger partial charge on any atom is 0.178 e. The molecule has 0 amide bonds. The van der Waals surface area contributed by atoms with Crippen LogP contribution >= 0.6 is 12.2 Å². The van der Waals surface area contributed by atoms with E-state index < -0.39 is 0 Å². The summed E-state index contributed by atoms with van der Waals surface area (Å²) in [6.07, 6.45) is 4.35. The highest BCUT2D eigenvalue weighted by Crippen LogP contribution is 2.16. The Kier molecular flexibility index (Phi) is 3.12. The van der Waals surface area contributed by atoms with Gasteiger partial charge in [0.25, 0.3) is 0 Å². The van der Waals surface area contributed by atoms with Crippen molar-refractivity contribution in [1.29, 1.82) is 0 Å². The number of aryl methyl sites for hydroxylation is 2. The molecule has 0 aliphatic carbocycles. The number of nitrogens with zero attached hydrogens (tertiary/aromatic N) is 4. The number of hydrogen-bond donors (Lipinski definition) is 1. The summed E-state index contributed by atoms with van der Waals surface area (Å²) in [4.78, 5) is 3.01. The van der Waals surface area contributed by atoms with Crippen molar-refractivity contribution in [2.24, 2.45) is 0 Å². The zero-order chi connectivity index (χ0) is 13.2. The van der Waals surface area contributed by atoms with E-state index in [1.807, 2.05) is 10.8 Å². The molecule has 5 nitrogen and oxygen atoms in total. The normalized spacial score (nSPS) is 11.2. The Balaban J connectivity index is 1.80. The number of imidazole rings is 1. The van der Waals surface area contributed by atoms with Crippen molar-refractivity contribution in [2.75, 3.05) is 0 Å². The minimum absolute atomic E-state index is 0.265. The van der Waals surface area contributed by atoms with Gasteiger partial charge >= 0.3 is 0 Å². The van der Waals surface area contributed by atoms with Crippen molar-refractivity contribution in [3.63, 3.8) is 0 Å². The summed E-state index contributed by atoms with van der Waals surface area (Å²) in [6, 6.07) is 4.64. The predicted molar refractivity (Wildman–Crippen MR) is 71.7 cm³/mol. The summed E-state index contributed by atoms with van der Waals surface area (Å²) < 4.78 is 17.5. The molecular formula is C12H12FN5S. The van der Waals surface area contributed by atoms with Gasteiger partial charge in [0.05, 0.1) is 17.2 Å². The number of H-pyrrole nitrogens is 1. The van der Waals surface area contributed by atoms with Crippen LogP contribution in [0.5, 0.6) is 0 Å². The molecule has 7 heteroatoms. The minimum atomic E-state index is -0.265. The average molecular weight is 277 g/mol. The first-order valence-electron chi connectivity index (χ1n) is 5.96. The maximum absolute atomic E-state index is 13.1. The van der Waals surface area contributed by atoms with Gasteiger partial charge in [-0.05, 0) is 36.8 Å². The van der Waals surface area contributed by atoms with E-state index in [2.05, 4.69) is 15.3 Å². The van der Waals surface area contributed by atoms with Crippen LogP contribution in [0.4, 0.5) is 4.39 Å². The maximum atomic E-state index is 13.1. The van der Waals surface area contributed by atoms with E-state index in [0.717, 1.165) is 30.5 Å². The van der Waals surface area contributed by atoms with Gasteiger partial charge in [-0.25, -0.2) is 4.39 Å². The van der Waals surface area contributed by atoms with Gasteiger partial charge in [0.15, 0.2) is 4.77 Å². The summed E-state index contributed by atoms with van der Waals surface area (Å²) in [6.45, 7) is 1.53. The van der Waals surface area contributed by atoms with Crippen LogP contribution in [0.15, 0.2) is 30.6 Å². The Morgan fingerprint density at radius 1 is 1.32 bits per heavy atom. The zero-order valence-corrected chi connectivity index (χ0v) is 10.9. The highest BCUT2D eigenvalue weighted by Gasteiger charge is 2.05. The van der Waals surface area contributed by atoms with Gasteiger partial charge in [0.1, 0.15) is 5.82 Å². The smallest absolute Gasteiger partial charge is 0.178 e. The first kappa shape index (κ1) is 12.0. The van der Waals surface area contributed by atoms with E-state index in [9.17, 15) is 4.39 Å². The van der Waals surface area contributed by atoms with Crippen molar-refractivity contribution < 1.29 is 4.39 Å². The van der Waals surface area contributed by atoms with Crippen LogP contribution in [0.25, 0.3) is 11.0 Å². The van der Waals surface area contributed by atoms with Gasteiger partial charge in [0.2, 0.25) is 0 Å². The molecule has 0 saturated carbocycles. The Morgan fingerprint density at radius 3 is 3.00 bits per heavy atom. The fraction of sp³-hybridized carbons (Fsp3) is 0.250. The Morgan fingerprint density at radius 2 is 2.21 bits per heavy atom. The molecule has 3 rings (SSSR count). The van der Waals surface area contributed by atoms with Gasteiger partial charge in [-0.2, -0.15) is 0 Å². The molecular weight excluding hydrogens is 265 g/mol. The van der Waals surface area contributed by atoms with E-state index >= 15 is 0 Å². The quantitative estimate of drug-likeness (QED) is 0.746. The molecule has 0 aliphatic rings. The lowest BCUT2D eigenvalue weighted by Crippen LogP contribution is -2.04. The van der Waals surface area contributed by atoms with E-state index in [0.29, 0.717) is 4.77 Å². The van der Waals surface area contributed by atoms with Crippen LogP contribution in [0.2, 0.25) is 0 Å². The third-order valence-electron chi connectivity index (χ3n) is 2.98. The predicted octanol–water partition coefficient (Wildman–Crippen LogP) is 2.52. The minimum Gasteiger partial charge on any atom is -0.330 e. The van der Waals surface area contributed by atoms with Crippen molar-refractivity contribution in [3.8, 4) is 0 Å². The van der Waals surface area contributed by atoms with E-state index in [1.54, 1.807) is 16.9 Å². The molecule has 0 bridgehead atoms. The fourth-order valence-electron chi connectivity index (χ4n) is 2.10. The molecule has 0 atom stereocenters. The van der Waals surface area contributed by atoms with Crippen LogP contribution in [0.3, 0.4) is 0 Å². The molecule has 19 heavy (non-hydrogen) atoms. The lowest BCUT2D eigenvalue weighted by Gasteiger charge is -2.04. The van der Waals surface area contributed by atoms with Crippen LogP contribution in [-0.4, -0.2) is 24.5 Å². The third kappa shape index (κ3) is 2.41. The van der Waals surface area contributed by atoms with Crippen LogP contribution in [0.1, 0.15) is 6.42 Å². The van der Waals surface area contributed by atoms with Gasteiger partial charge in [0, 0.05) is 19.3 Å². The molecule has 1 N–H and O–H groups in total. The fourth-order valence-corrected chi connectivity index (χ4v) is 2.40. The zero-order valence-electron chi connectivity index (χ0n) is 10.1. The molecule has 0 fully saturated rings. The third-order valence-corrected chi connectivity index (χ3v) is 3.30. The summed E-state index contributed by atoms with van der Waals surface area (Å²) in [7, 11) is 0. The molecule has 3 aromatic rings. The van der Waals surface area contributed by atoms with Gasteiger partial charge in [-0.3, -0.25) is 4.68 Å². The molecule has 0 spiro atoms. The van der Waals surface area contributed by atoms with Crippen LogP contribution < -0.4 is 0 Å². The molecule has 98 valence electrons. The molecule has 2 heterocycles. The average Bonchev–Trinajstić information content (AvgIpc) is 2.98. The Labute approximate surface area is 113 Å². The van der Waals surface area contributed by atoms with Crippen LogP contribution in [0, 0.1) is 10.6 Å². The molecule has 0 saturated heterocycles. The molecule has 0 unspecified atom stereocenters. The second-order valence-corrected chi connectivity index (χ2v) is 4.65. The summed E-state index contributed by atoms with van der Waals surface area (Å²) in [5, 5.41) is 7.66. The number of aromatic amines is 1. The largest absolute Gasteiger partial charge is 0.330 e. The summed E-state index contributed by atoms with van der Waals surface area (Å²) in [5.41, 5.74) is 1.65. The molecule has 1 aromatic carbocycles. The van der Waals surface area contributed by atoms with E-state index in [4.69, 9.17) is 12.2 Å². The number of fused-ring (bicyclic) bond motifs is 1. The van der Waals surface area contributed by atoms with Crippen molar-refractivity contribution in [2.45, 2.75) is 19.5 Å². The molecule has 0 aliphatic heterocycles. The molecule has 0 radical (unpaired) electrons. The lowest BCUT2D eigenvalue weighted by atomic mass is 10.3. The number of rotatable bonds is 4. The summed E-state index contributed by atoms with van der Waals surface area (Å²) >= 11 is 5.26. The van der Waals surface area contributed by atoms with Crippen molar-refractivity contribution >= 4 is 23.3 Å². The van der Waals surface area contributed by atoms with E-state index in [-0.39, 0.29) is 5.82 Å². The highest BCUT2D eigenvalue weighted by molar-refractivity contribution is 7.71. The number of aromatic nitrogens is 5. The standard InChI is InChI=1S/C12H12FN5S/c13-9-2-3-11-10(8-9)15-12(19)18(11)6-1-5-17-7-4-14-16-17/h2-4,7-8H,1,5-6H2,(H,15,19). The number of halogens is 1. The SMILES string of the molecule is Fc1ccc2c(c1)[nH]c(=S)n2CCCn1ccnn1. The number of hydrogen-bond acceptors (Lipinski definition) is 3. The second kappa shape index (κ2) is 4.93.